The number of aromatic nitrogens is 2. The van der Waals surface area contributed by atoms with Crippen LogP contribution in [0.2, 0.25) is 0 Å². The molecule has 0 spiro atoms. The zero-order valence-corrected chi connectivity index (χ0v) is 7.69. The van der Waals surface area contributed by atoms with E-state index in [0.717, 1.165) is 4.68 Å². The summed E-state index contributed by atoms with van der Waals surface area (Å²) < 4.78 is 1.13. The Bertz CT molecular complexity index is 317. The third-order valence-electron chi connectivity index (χ3n) is 1.68. The van der Waals surface area contributed by atoms with Crippen molar-refractivity contribution < 1.29 is 9.90 Å². The van der Waals surface area contributed by atoms with E-state index < -0.39 is 5.97 Å². The van der Waals surface area contributed by atoms with E-state index in [1.807, 2.05) is 13.8 Å². The van der Waals surface area contributed by atoms with Gasteiger partial charge in [-0.25, -0.2) is 14.5 Å². The van der Waals surface area contributed by atoms with Crippen LogP contribution in [0.3, 0.4) is 0 Å². The Kier molecular flexibility index (Phi) is 2.55. The number of rotatable bonds is 3. The molecule has 0 aliphatic carbocycles. The van der Waals surface area contributed by atoms with Gasteiger partial charge in [0.1, 0.15) is 5.82 Å². The molecule has 1 aromatic heterocycles. The summed E-state index contributed by atoms with van der Waals surface area (Å²) in [6.45, 7) is 4.05. The molecule has 0 atom stereocenters. The molecule has 0 radical (unpaired) electrons. The number of hydrogen-bond donors (Lipinski definition) is 2. The van der Waals surface area contributed by atoms with E-state index in [1.165, 1.54) is 6.20 Å². The van der Waals surface area contributed by atoms with Gasteiger partial charge in [-0.15, -0.1) is 0 Å². The van der Waals surface area contributed by atoms with Gasteiger partial charge in [0.25, 0.3) is 0 Å². The van der Waals surface area contributed by atoms with Crippen molar-refractivity contribution in [1.29, 1.82) is 0 Å². The van der Waals surface area contributed by atoms with Gasteiger partial charge in [-0.05, 0) is 5.92 Å². The largest absolute Gasteiger partial charge is 0.476 e. The Morgan fingerprint density at radius 3 is 2.77 bits per heavy atom. The minimum Gasteiger partial charge on any atom is -0.476 e. The summed E-state index contributed by atoms with van der Waals surface area (Å²) in [5, 5.41) is 8.67. The van der Waals surface area contributed by atoms with Crippen molar-refractivity contribution in [1.82, 2.24) is 9.66 Å². The quantitative estimate of drug-likeness (QED) is 0.668. The van der Waals surface area contributed by atoms with Gasteiger partial charge in [-0.1, -0.05) is 13.8 Å². The van der Waals surface area contributed by atoms with E-state index in [1.54, 1.807) is 0 Å². The summed E-state index contributed by atoms with van der Waals surface area (Å²) in [5.41, 5.74) is 0.0238. The second kappa shape index (κ2) is 3.47. The average Bonchev–Trinajstić information content (AvgIpc) is 2.32. The molecule has 5 heteroatoms. The first-order chi connectivity index (χ1) is 6.02. The van der Waals surface area contributed by atoms with Gasteiger partial charge in [0, 0.05) is 6.42 Å². The normalized spacial score (nSPS) is 10.7. The smallest absolute Gasteiger partial charge is 0.356 e. The van der Waals surface area contributed by atoms with Gasteiger partial charge >= 0.3 is 5.97 Å². The lowest BCUT2D eigenvalue weighted by Gasteiger charge is -2.04. The lowest BCUT2D eigenvalue weighted by atomic mass is 10.1. The molecular formula is C8H13N3O2. The summed E-state index contributed by atoms with van der Waals surface area (Å²) in [4.78, 5) is 14.5. The zero-order chi connectivity index (χ0) is 10.0. The number of imidazole rings is 1. The lowest BCUT2D eigenvalue weighted by molar-refractivity contribution is 0.0687. The molecule has 1 aromatic rings. The van der Waals surface area contributed by atoms with E-state index in [4.69, 9.17) is 10.9 Å². The van der Waals surface area contributed by atoms with Crippen LogP contribution >= 0.6 is 0 Å². The molecule has 0 fully saturated rings. The fourth-order valence-corrected chi connectivity index (χ4v) is 1.07. The number of aromatic carboxylic acids is 1. The fourth-order valence-electron chi connectivity index (χ4n) is 1.07. The van der Waals surface area contributed by atoms with E-state index in [-0.39, 0.29) is 5.69 Å². The molecule has 5 nitrogen and oxygen atoms in total. The molecule has 1 rings (SSSR count). The third kappa shape index (κ3) is 1.99. The van der Waals surface area contributed by atoms with Crippen molar-refractivity contribution in [3.63, 3.8) is 0 Å². The maximum Gasteiger partial charge on any atom is 0.356 e. The first kappa shape index (κ1) is 9.57. The maximum absolute atomic E-state index is 10.6. The lowest BCUT2D eigenvalue weighted by Crippen LogP contribution is -2.19. The monoisotopic (exact) mass is 183 g/mol. The minimum absolute atomic E-state index is 0.0238. The van der Waals surface area contributed by atoms with Crippen LogP contribution in [0.4, 0.5) is 0 Å². The number of carboxylic acids is 1. The molecule has 0 amide bonds. The summed E-state index contributed by atoms with van der Waals surface area (Å²) >= 11 is 0. The Hall–Kier alpha value is -1.52. The maximum atomic E-state index is 10.6. The van der Waals surface area contributed by atoms with Crippen LogP contribution < -0.4 is 5.84 Å². The highest BCUT2D eigenvalue weighted by molar-refractivity contribution is 5.85. The number of hydrogen-bond acceptors (Lipinski definition) is 3. The van der Waals surface area contributed by atoms with E-state index in [0.29, 0.717) is 18.2 Å². The fraction of sp³-hybridized carbons (Fsp3) is 0.500. The SMILES string of the molecule is CC(C)Cc1ncc(C(=O)O)n1N. The summed E-state index contributed by atoms with van der Waals surface area (Å²) in [5.74, 6) is 5.49. The van der Waals surface area contributed by atoms with E-state index >= 15 is 0 Å². The summed E-state index contributed by atoms with van der Waals surface area (Å²) in [6.07, 6.45) is 1.96. The van der Waals surface area contributed by atoms with Crippen LogP contribution in [0.5, 0.6) is 0 Å². The Labute approximate surface area is 76.2 Å². The van der Waals surface area contributed by atoms with Crippen molar-refractivity contribution in [3.8, 4) is 0 Å². The van der Waals surface area contributed by atoms with Gasteiger partial charge < -0.3 is 10.9 Å². The van der Waals surface area contributed by atoms with Crippen LogP contribution in [-0.2, 0) is 6.42 Å². The number of nitrogens with two attached hydrogens (primary N) is 1. The van der Waals surface area contributed by atoms with Gasteiger partial charge in [-0.3, -0.25) is 0 Å². The molecule has 0 aliphatic heterocycles. The minimum atomic E-state index is -1.05. The molecule has 0 aromatic carbocycles. The van der Waals surface area contributed by atoms with Gasteiger partial charge in [-0.2, -0.15) is 0 Å². The second-order valence-corrected chi connectivity index (χ2v) is 3.33. The van der Waals surface area contributed by atoms with Gasteiger partial charge in [0.05, 0.1) is 6.20 Å². The molecule has 3 N–H and O–H groups in total. The van der Waals surface area contributed by atoms with E-state index in [2.05, 4.69) is 4.98 Å². The predicted molar refractivity (Wildman–Crippen MR) is 47.9 cm³/mol. The highest BCUT2D eigenvalue weighted by atomic mass is 16.4. The van der Waals surface area contributed by atoms with Crippen molar-refractivity contribution in [2.75, 3.05) is 5.84 Å². The van der Waals surface area contributed by atoms with Crippen molar-refractivity contribution >= 4 is 5.97 Å². The van der Waals surface area contributed by atoms with E-state index in [9.17, 15) is 4.79 Å². The van der Waals surface area contributed by atoms with Crippen LogP contribution in [0.15, 0.2) is 6.20 Å². The van der Waals surface area contributed by atoms with Crippen LogP contribution in [0.1, 0.15) is 30.2 Å². The molecular weight excluding hydrogens is 170 g/mol. The number of nitrogens with zero attached hydrogens (tertiary/aromatic N) is 2. The number of nitrogen functional groups attached to an aromatic ring is 1. The topological polar surface area (TPSA) is 81.1 Å². The molecule has 13 heavy (non-hydrogen) atoms. The van der Waals surface area contributed by atoms with Gasteiger partial charge in [0.2, 0.25) is 0 Å². The van der Waals surface area contributed by atoms with Crippen molar-refractivity contribution in [2.45, 2.75) is 20.3 Å². The highest BCUT2D eigenvalue weighted by Gasteiger charge is 2.13. The third-order valence-corrected chi connectivity index (χ3v) is 1.68. The molecule has 1 heterocycles. The average molecular weight is 183 g/mol. The molecule has 0 saturated carbocycles. The first-order valence-electron chi connectivity index (χ1n) is 4.07. The Balaban J connectivity index is 2.93. The van der Waals surface area contributed by atoms with Crippen LogP contribution in [0, 0.1) is 5.92 Å². The second-order valence-electron chi connectivity index (χ2n) is 3.33. The van der Waals surface area contributed by atoms with Gasteiger partial charge in [0.15, 0.2) is 5.69 Å². The Morgan fingerprint density at radius 2 is 2.38 bits per heavy atom. The summed E-state index contributed by atoms with van der Waals surface area (Å²) in [6, 6.07) is 0. The molecule has 0 aliphatic rings. The molecule has 0 bridgehead atoms. The predicted octanol–water partition coefficient (Wildman–Crippen LogP) is 0.494. The molecule has 0 unspecified atom stereocenters. The van der Waals surface area contributed by atoms with Crippen LogP contribution in [-0.4, -0.2) is 20.7 Å². The van der Waals surface area contributed by atoms with Crippen LogP contribution in [0.25, 0.3) is 0 Å². The molecule has 72 valence electrons. The standard InChI is InChI=1S/C8H13N3O2/c1-5(2)3-7-10-4-6(8(12)13)11(7)9/h4-5H,3,9H2,1-2H3,(H,12,13). The number of carboxylic acid groups (broad SMARTS) is 1. The molecule has 0 saturated heterocycles. The van der Waals surface area contributed by atoms with Crippen molar-refractivity contribution in [2.24, 2.45) is 5.92 Å². The highest BCUT2D eigenvalue weighted by Crippen LogP contribution is 2.06. The zero-order valence-electron chi connectivity index (χ0n) is 7.69. The first-order valence-corrected chi connectivity index (χ1v) is 4.07. The Morgan fingerprint density at radius 1 is 1.77 bits per heavy atom. The summed E-state index contributed by atoms with van der Waals surface area (Å²) in [7, 11) is 0. The number of carbonyl (C=O) groups is 1. The van der Waals surface area contributed by atoms with Crippen molar-refractivity contribution in [3.05, 3.63) is 17.7 Å².